The summed E-state index contributed by atoms with van der Waals surface area (Å²) in [6.45, 7) is 3.68. The molecule has 0 radical (unpaired) electrons. The van der Waals surface area contributed by atoms with Gasteiger partial charge in [0.15, 0.2) is 0 Å². The number of nitrogens with one attached hydrogen (secondary N) is 1. The van der Waals surface area contributed by atoms with E-state index in [2.05, 4.69) is 5.32 Å². The Morgan fingerprint density at radius 2 is 2.17 bits per heavy atom. The molecule has 5 nitrogen and oxygen atoms in total. The molecule has 18 heavy (non-hydrogen) atoms. The van der Waals surface area contributed by atoms with Crippen LogP contribution in [0.25, 0.3) is 0 Å². The molecule has 0 aromatic heterocycles. The molecule has 1 heterocycles. The SMILES string of the molecule is CC(C)[C@H](N)C(=O)N[C@@H](CC1CCCS1)C(=O)O. The average molecular weight is 274 g/mol. The van der Waals surface area contributed by atoms with Crippen molar-refractivity contribution in [2.45, 2.75) is 50.4 Å². The third-order valence-corrected chi connectivity index (χ3v) is 4.58. The quantitative estimate of drug-likeness (QED) is 0.667. The Labute approximate surface area is 112 Å². The number of hydrogen-bond donors (Lipinski definition) is 3. The van der Waals surface area contributed by atoms with Gasteiger partial charge in [0.25, 0.3) is 0 Å². The summed E-state index contributed by atoms with van der Waals surface area (Å²) in [4.78, 5) is 22.9. The van der Waals surface area contributed by atoms with Crippen molar-refractivity contribution in [2.75, 3.05) is 5.75 Å². The molecule has 1 saturated heterocycles. The van der Waals surface area contributed by atoms with Crippen molar-refractivity contribution in [1.82, 2.24) is 5.32 Å². The lowest BCUT2D eigenvalue weighted by Crippen LogP contribution is -2.50. The van der Waals surface area contributed by atoms with E-state index >= 15 is 0 Å². The average Bonchev–Trinajstić information content (AvgIpc) is 2.79. The fraction of sp³-hybridized carbons (Fsp3) is 0.833. The van der Waals surface area contributed by atoms with Gasteiger partial charge >= 0.3 is 5.97 Å². The van der Waals surface area contributed by atoms with E-state index in [0.29, 0.717) is 11.7 Å². The van der Waals surface area contributed by atoms with Crippen LogP contribution in [-0.4, -0.2) is 40.1 Å². The van der Waals surface area contributed by atoms with Crippen LogP contribution in [0.5, 0.6) is 0 Å². The second-order valence-electron chi connectivity index (χ2n) is 5.04. The van der Waals surface area contributed by atoms with Crippen LogP contribution in [0.1, 0.15) is 33.1 Å². The van der Waals surface area contributed by atoms with Crippen LogP contribution in [0.4, 0.5) is 0 Å². The minimum atomic E-state index is -0.980. The van der Waals surface area contributed by atoms with E-state index in [9.17, 15) is 9.59 Å². The van der Waals surface area contributed by atoms with Crippen LogP contribution in [0.2, 0.25) is 0 Å². The molecule has 4 N–H and O–H groups in total. The first-order chi connectivity index (χ1) is 8.41. The lowest BCUT2D eigenvalue weighted by molar-refractivity contribution is -0.142. The second kappa shape index (κ2) is 6.99. The van der Waals surface area contributed by atoms with Crippen molar-refractivity contribution in [3.05, 3.63) is 0 Å². The van der Waals surface area contributed by atoms with Gasteiger partial charge in [-0.15, -0.1) is 0 Å². The number of carboxylic acids is 1. The molecule has 0 spiro atoms. The summed E-state index contributed by atoms with van der Waals surface area (Å²) in [5.41, 5.74) is 5.71. The topological polar surface area (TPSA) is 92.4 Å². The molecule has 1 unspecified atom stereocenters. The van der Waals surface area contributed by atoms with E-state index < -0.39 is 18.1 Å². The summed E-state index contributed by atoms with van der Waals surface area (Å²) in [5, 5.41) is 12.0. The normalized spacial score (nSPS) is 22.8. The number of carbonyl (C=O) groups excluding carboxylic acids is 1. The highest BCUT2D eigenvalue weighted by Crippen LogP contribution is 2.29. The van der Waals surface area contributed by atoms with Crippen LogP contribution < -0.4 is 11.1 Å². The van der Waals surface area contributed by atoms with Gasteiger partial charge in [-0.25, -0.2) is 4.79 Å². The number of amides is 1. The van der Waals surface area contributed by atoms with Crippen LogP contribution >= 0.6 is 11.8 Å². The fourth-order valence-corrected chi connectivity index (χ4v) is 3.21. The summed E-state index contributed by atoms with van der Waals surface area (Å²) < 4.78 is 0. The number of hydrogen-bond acceptors (Lipinski definition) is 4. The highest BCUT2D eigenvalue weighted by Gasteiger charge is 2.28. The minimum Gasteiger partial charge on any atom is -0.480 e. The predicted octanol–water partition coefficient (Wildman–Crippen LogP) is 0.825. The van der Waals surface area contributed by atoms with Gasteiger partial charge in [0.05, 0.1) is 6.04 Å². The van der Waals surface area contributed by atoms with Gasteiger partial charge in [0, 0.05) is 5.25 Å². The molecule has 0 aromatic carbocycles. The molecule has 0 aliphatic carbocycles. The van der Waals surface area contributed by atoms with Crippen molar-refractivity contribution < 1.29 is 14.7 Å². The molecule has 104 valence electrons. The van der Waals surface area contributed by atoms with E-state index in [1.165, 1.54) is 0 Å². The summed E-state index contributed by atoms with van der Waals surface area (Å²) in [7, 11) is 0. The third-order valence-electron chi connectivity index (χ3n) is 3.16. The minimum absolute atomic E-state index is 0.000278. The van der Waals surface area contributed by atoms with Crippen LogP contribution in [0.3, 0.4) is 0 Å². The van der Waals surface area contributed by atoms with Gasteiger partial charge < -0.3 is 16.2 Å². The Morgan fingerprint density at radius 1 is 1.50 bits per heavy atom. The first-order valence-electron chi connectivity index (χ1n) is 6.32. The van der Waals surface area contributed by atoms with Crippen LogP contribution in [0, 0.1) is 5.92 Å². The number of aliphatic carboxylic acids is 1. The third kappa shape index (κ3) is 4.49. The predicted molar refractivity (Wildman–Crippen MR) is 72.5 cm³/mol. The summed E-state index contributed by atoms with van der Waals surface area (Å²) in [6, 6.07) is -1.47. The largest absolute Gasteiger partial charge is 0.480 e. The molecule has 1 rings (SSSR count). The Balaban J connectivity index is 2.51. The highest BCUT2D eigenvalue weighted by molar-refractivity contribution is 8.00. The zero-order valence-corrected chi connectivity index (χ0v) is 11.7. The first kappa shape index (κ1) is 15.3. The number of rotatable bonds is 6. The van der Waals surface area contributed by atoms with Crippen molar-refractivity contribution in [3.63, 3.8) is 0 Å². The highest BCUT2D eigenvalue weighted by atomic mass is 32.2. The van der Waals surface area contributed by atoms with Crippen molar-refractivity contribution in [3.8, 4) is 0 Å². The molecule has 0 aromatic rings. The second-order valence-corrected chi connectivity index (χ2v) is 6.45. The summed E-state index contributed by atoms with van der Waals surface area (Å²) >= 11 is 1.78. The van der Waals surface area contributed by atoms with Gasteiger partial charge in [-0.3, -0.25) is 4.79 Å². The van der Waals surface area contributed by atoms with Gasteiger partial charge in [-0.05, 0) is 30.9 Å². The maximum Gasteiger partial charge on any atom is 0.326 e. The summed E-state index contributed by atoms with van der Waals surface area (Å²) in [5.74, 6) is -0.274. The van der Waals surface area contributed by atoms with E-state index in [1.807, 2.05) is 13.8 Å². The number of nitrogens with two attached hydrogens (primary N) is 1. The molecule has 0 bridgehead atoms. The number of carbonyl (C=O) groups is 2. The summed E-state index contributed by atoms with van der Waals surface area (Å²) in [6.07, 6.45) is 2.64. The lowest BCUT2D eigenvalue weighted by atomic mass is 10.0. The van der Waals surface area contributed by atoms with Gasteiger partial charge in [0.1, 0.15) is 6.04 Å². The van der Waals surface area contributed by atoms with Crippen molar-refractivity contribution in [1.29, 1.82) is 0 Å². The van der Waals surface area contributed by atoms with Gasteiger partial charge in [-0.2, -0.15) is 11.8 Å². The Morgan fingerprint density at radius 3 is 2.61 bits per heavy atom. The molecular weight excluding hydrogens is 252 g/mol. The smallest absolute Gasteiger partial charge is 0.326 e. The van der Waals surface area contributed by atoms with Crippen molar-refractivity contribution in [2.24, 2.45) is 11.7 Å². The van der Waals surface area contributed by atoms with E-state index in [4.69, 9.17) is 10.8 Å². The van der Waals surface area contributed by atoms with E-state index in [0.717, 1.165) is 18.6 Å². The van der Waals surface area contributed by atoms with Gasteiger partial charge in [-0.1, -0.05) is 13.8 Å². The van der Waals surface area contributed by atoms with E-state index in [1.54, 1.807) is 11.8 Å². The molecular formula is C12H22N2O3S. The monoisotopic (exact) mass is 274 g/mol. The molecule has 1 aliphatic heterocycles. The first-order valence-corrected chi connectivity index (χ1v) is 7.37. The Kier molecular flexibility index (Phi) is 5.95. The molecule has 3 atom stereocenters. The molecule has 1 fully saturated rings. The molecule has 1 amide bonds. The maximum absolute atomic E-state index is 11.8. The Bertz CT molecular complexity index is 304. The maximum atomic E-state index is 11.8. The number of thioether (sulfide) groups is 1. The van der Waals surface area contributed by atoms with E-state index in [-0.39, 0.29) is 11.8 Å². The zero-order valence-electron chi connectivity index (χ0n) is 10.9. The van der Waals surface area contributed by atoms with Crippen LogP contribution in [-0.2, 0) is 9.59 Å². The fourth-order valence-electron chi connectivity index (χ4n) is 1.89. The number of carboxylic acid groups (broad SMARTS) is 1. The molecule has 1 aliphatic rings. The van der Waals surface area contributed by atoms with Crippen molar-refractivity contribution >= 4 is 23.6 Å². The lowest BCUT2D eigenvalue weighted by Gasteiger charge is -2.21. The standard InChI is InChI=1S/C12H22N2O3S/c1-7(2)10(13)11(15)14-9(12(16)17)6-8-4-3-5-18-8/h7-10H,3-6,13H2,1-2H3,(H,14,15)(H,16,17)/t8?,9-,10-/m0/s1. The van der Waals surface area contributed by atoms with Crippen LogP contribution in [0.15, 0.2) is 0 Å². The molecule has 0 saturated carbocycles. The molecule has 6 heteroatoms. The zero-order chi connectivity index (χ0) is 13.7. The van der Waals surface area contributed by atoms with Gasteiger partial charge in [0.2, 0.25) is 5.91 Å². The Hall–Kier alpha value is -0.750.